The smallest absolute Gasteiger partial charge is 0.323 e. The van der Waals surface area contributed by atoms with E-state index in [1.807, 2.05) is 0 Å². The highest BCUT2D eigenvalue weighted by atomic mass is 19.1. The Morgan fingerprint density at radius 1 is 1.65 bits per heavy atom. The van der Waals surface area contributed by atoms with E-state index in [2.05, 4.69) is 4.99 Å². The number of hydrogen-bond donors (Lipinski definition) is 4. The maximum atomic E-state index is 13.1. The molecule has 0 aromatic carbocycles. The van der Waals surface area contributed by atoms with Gasteiger partial charge in [0.25, 0.3) is 0 Å². The lowest BCUT2D eigenvalue weighted by Crippen LogP contribution is -2.44. The number of nitrogens with one attached hydrogen (secondary N) is 1. The number of carboxylic acids is 1. The Morgan fingerprint density at radius 2 is 2.24 bits per heavy atom. The molecule has 0 fully saturated rings. The van der Waals surface area contributed by atoms with Crippen LogP contribution in [0, 0.1) is 0 Å². The van der Waals surface area contributed by atoms with E-state index in [0.29, 0.717) is 0 Å². The van der Waals surface area contributed by atoms with Crippen LogP contribution < -0.4 is 11.2 Å². The number of rotatable bonds is 6. The third-order valence-corrected chi connectivity index (χ3v) is 2.15. The van der Waals surface area contributed by atoms with E-state index in [4.69, 9.17) is 16.0 Å². The highest BCUT2D eigenvalue weighted by Crippen LogP contribution is 2.11. The maximum absolute atomic E-state index is 13.1. The van der Waals surface area contributed by atoms with E-state index in [9.17, 15) is 9.18 Å². The Labute approximate surface area is 99.0 Å². The molecule has 0 unspecified atom stereocenters. The van der Waals surface area contributed by atoms with Gasteiger partial charge in [-0.25, -0.2) is 4.39 Å². The van der Waals surface area contributed by atoms with Crippen LogP contribution >= 0.6 is 0 Å². The first-order valence-electron chi connectivity index (χ1n) is 5.07. The Bertz CT molecular complexity index is 327. The molecule has 5 N–H and O–H groups in total. The van der Waals surface area contributed by atoms with Crippen molar-refractivity contribution in [3.05, 3.63) is 11.9 Å². The molecular weight excluding hydrogens is 229 g/mol. The third kappa shape index (κ3) is 6.64. The van der Waals surface area contributed by atoms with Crippen LogP contribution in [0.25, 0.3) is 0 Å². The van der Waals surface area contributed by atoms with Gasteiger partial charge in [0.05, 0.1) is 6.54 Å². The molecule has 0 amide bonds. The van der Waals surface area contributed by atoms with Gasteiger partial charge in [-0.15, -0.1) is 0 Å². The number of allylic oxidation sites excluding steroid dienone is 1. The molecule has 0 aromatic rings. The zero-order valence-corrected chi connectivity index (χ0v) is 9.90. The van der Waals surface area contributed by atoms with Crippen LogP contribution in [0.3, 0.4) is 0 Å². The van der Waals surface area contributed by atoms with Crippen molar-refractivity contribution in [3.63, 3.8) is 0 Å². The molecule has 0 rings (SSSR count). The topological polar surface area (TPSA) is 108 Å². The largest absolute Gasteiger partial charge is 0.480 e. The van der Waals surface area contributed by atoms with Gasteiger partial charge in [0.15, 0.2) is 0 Å². The molecular formula is C10H18FN3O3. The summed E-state index contributed by atoms with van der Waals surface area (Å²) in [5.41, 5.74) is 5.88. The van der Waals surface area contributed by atoms with E-state index in [1.165, 1.54) is 19.9 Å². The van der Waals surface area contributed by atoms with Crippen LogP contribution in [0.5, 0.6) is 0 Å². The Hall–Kier alpha value is -1.47. The summed E-state index contributed by atoms with van der Waals surface area (Å²) in [5.74, 6) is -1.42. The number of hydrogen-bond acceptors (Lipinski definition) is 4. The second-order valence-corrected chi connectivity index (χ2v) is 3.93. The quantitative estimate of drug-likeness (QED) is 0.316. The maximum Gasteiger partial charge on any atom is 0.323 e. The van der Waals surface area contributed by atoms with Crippen molar-refractivity contribution in [1.29, 1.82) is 0 Å². The van der Waals surface area contributed by atoms with Gasteiger partial charge in [-0.2, -0.15) is 0 Å². The van der Waals surface area contributed by atoms with Gasteiger partial charge in [-0.1, -0.05) is 6.08 Å². The van der Waals surface area contributed by atoms with Gasteiger partial charge < -0.3 is 10.8 Å². The molecule has 0 bridgehead atoms. The van der Waals surface area contributed by atoms with Gasteiger partial charge in [-0.05, 0) is 26.7 Å². The van der Waals surface area contributed by atoms with E-state index in [1.54, 1.807) is 5.48 Å². The fourth-order valence-corrected chi connectivity index (χ4v) is 0.930. The molecule has 0 saturated carbocycles. The minimum absolute atomic E-state index is 0.136. The van der Waals surface area contributed by atoms with Crippen molar-refractivity contribution in [2.24, 2.45) is 10.7 Å². The van der Waals surface area contributed by atoms with Crippen molar-refractivity contribution in [2.45, 2.75) is 32.2 Å². The zero-order chi connectivity index (χ0) is 13.5. The van der Waals surface area contributed by atoms with Gasteiger partial charge in [0.1, 0.15) is 17.2 Å². The number of aliphatic imine (C=N–C) groups is 1. The van der Waals surface area contributed by atoms with Crippen LogP contribution in [0.4, 0.5) is 4.39 Å². The van der Waals surface area contributed by atoms with Crippen LogP contribution in [-0.2, 0) is 4.79 Å². The van der Waals surface area contributed by atoms with Crippen molar-refractivity contribution in [2.75, 3.05) is 6.54 Å². The average Bonchev–Trinajstić information content (AvgIpc) is 2.25. The fourth-order valence-electron chi connectivity index (χ4n) is 0.930. The van der Waals surface area contributed by atoms with Gasteiger partial charge in [0, 0.05) is 0 Å². The predicted octanol–water partition coefficient (Wildman–Crippen LogP) is 0.819. The molecule has 7 heteroatoms. The number of hydroxylamine groups is 1. The predicted molar refractivity (Wildman–Crippen MR) is 61.6 cm³/mol. The molecule has 0 radical (unpaired) electrons. The molecule has 6 nitrogen and oxygen atoms in total. The second-order valence-electron chi connectivity index (χ2n) is 3.93. The Morgan fingerprint density at radius 3 is 2.71 bits per heavy atom. The number of amidine groups is 1. The van der Waals surface area contributed by atoms with Gasteiger partial charge in [0.2, 0.25) is 0 Å². The summed E-state index contributed by atoms with van der Waals surface area (Å²) in [4.78, 5) is 14.3. The first-order chi connectivity index (χ1) is 7.79. The lowest BCUT2D eigenvalue weighted by atomic mass is 9.97. The van der Waals surface area contributed by atoms with Crippen molar-refractivity contribution < 1.29 is 19.5 Å². The highest BCUT2D eigenvalue weighted by molar-refractivity contribution is 5.78. The molecule has 0 spiro atoms. The number of halogens is 1. The summed E-state index contributed by atoms with van der Waals surface area (Å²) >= 11 is 0. The fraction of sp³-hybridized carbons (Fsp3) is 0.600. The van der Waals surface area contributed by atoms with Crippen molar-refractivity contribution in [1.82, 2.24) is 5.48 Å². The summed E-state index contributed by atoms with van der Waals surface area (Å²) in [6.45, 7) is 2.65. The first-order valence-corrected chi connectivity index (χ1v) is 5.07. The van der Waals surface area contributed by atoms with Crippen LogP contribution in [0.1, 0.15) is 26.7 Å². The van der Waals surface area contributed by atoms with Crippen molar-refractivity contribution in [3.8, 4) is 0 Å². The molecule has 0 aliphatic rings. The summed E-state index contributed by atoms with van der Waals surface area (Å²) in [6, 6.07) is 0. The monoisotopic (exact) mass is 247 g/mol. The number of aliphatic carboxylic acids is 1. The molecule has 17 heavy (non-hydrogen) atoms. The summed E-state index contributed by atoms with van der Waals surface area (Å²) < 4.78 is 13.1. The van der Waals surface area contributed by atoms with Gasteiger partial charge in [-0.3, -0.25) is 20.5 Å². The standard InChI is InChI=1S/C10H18FN3O3/c1-7(14-17)13-6-8(11)4-3-5-10(2,12)9(15)16/h4,17H,3,5-6,12H2,1-2H3,(H,13,14)(H,15,16)/b8-4+/t10-/m1/s1. The number of carbonyl (C=O) groups is 1. The van der Waals surface area contributed by atoms with Crippen LogP contribution in [0.15, 0.2) is 16.9 Å². The number of nitrogens with zero attached hydrogens (tertiary/aromatic N) is 1. The summed E-state index contributed by atoms with van der Waals surface area (Å²) in [5, 5.41) is 17.1. The SMILES string of the molecule is CC(=NC/C(F)=C\CC[C@@](C)(N)C(=O)O)NO. The Kier molecular flexibility index (Phi) is 6.37. The lowest BCUT2D eigenvalue weighted by Gasteiger charge is -2.17. The van der Waals surface area contributed by atoms with E-state index < -0.39 is 17.3 Å². The van der Waals surface area contributed by atoms with E-state index in [-0.39, 0.29) is 25.2 Å². The molecule has 0 heterocycles. The molecule has 98 valence electrons. The van der Waals surface area contributed by atoms with E-state index in [0.717, 1.165) is 0 Å². The Balaban J connectivity index is 4.13. The van der Waals surface area contributed by atoms with Crippen LogP contribution in [0.2, 0.25) is 0 Å². The zero-order valence-electron chi connectivity index (χ0n) is 9.90. The molecule has 1 atom stereocenters. The van der Waals surface area contributed by atoms with Gasteiger partial charge >= 0.3 is 5.97 Å². The highest BCUT2D eigenvalue weighted by Gasteiger charge is 2.26. The molecule has 0 aliphatic carbocycles. The molecule has 0 aliphatic heterocycles. The third-order valence-electron chi connectivity index (χ3n) is 2.15. The summed E-state index contributed by atoms with van der Waals surface area (Å²) in [7, 11) is 0. The van der Waals surface area contributed by atoms with E-state index >= 15 is 0 Å². The minimum atomic E-state index is -1.36. The number of nitrogens with two attached hydrogens (primary N) is 1. The lowest BCUT2D eigenvalue weighted by molar-refractivity contribution is -0.142. The molecule has 0 saturated heterocycles. The second kappa shape index (κ2) is 6.97. The van der Waals surface area contributed by atoms with Crippen molar-refractivity contribution >= 4 is 11.8 Å². The summed E-state index contributed by atoms with van der Waals surface area (Å²) in [6.07, 6.45) is 1.59. The number of carboxylic acid groups (broad SMARTS) is 1. The molecule has 0 aromatic heterocycles. The minimum Gasteiger partial charge on any atom is -0.480 e. The first kappa shape index (κ1) is 15.5. The average molecular weight is 247 g/mol. The normalized spacial score (nSPS) is 16.5. The van der Waals surface area contributed by atoms with Crippen LogP contribution in [-0.4, -0.2) is 34.2 Å².